The topological polar surface area (TPSA) is 35.8 Å². The van der Waals surface area contributed by atoms with E-state index >= 15 is 0 Å². The van der Waals surface area contributed by atoms with E-state index in [2.05, 4.69) is 43.4 Å². The summed E-state index contributed by atoms with van der Waals surface area (Å²) in [6, 6.07) is 8.65. The molecule has 0 spiro atoms. The summed E-state index contributed by atoms with van der Waals surface area (Å²) < 4.78 is 0. The van der Waals surface area contributed by atoms with Crippen molar-refractivity contribution < 1.29 is 0 Å². The number of benzene rings is 1. The SMILES string of the molecule is CCC(C#N)CNc1cc(C)cc(C)c1. The highest BCUT2D eigenvalue weighted by molar-refractivity contribution is 5.48. The summed E-state index contributed by atoms with van der Waals surface area (Å²) in [5, 5.41) is 12.1. The van der Waals surface area contributed by atoms with Crippen molar-refractivity contribution in [3.63, 3.8) is 0 Å². The van der Waals surface area contributed by atoms with Gasteiger partial charge < -0.3 is 5.32 Å². The molecule has 0 radical (unpaired) electrons. The Morgan fingerprint density at radius 3 is 2.33 bits per heavy atom. The summed E-state index contributed by atoms with van der Waals surface area (Å²) in [5.41, 5.74) is 3.62. The van der Waals surface area contributed by atoms with E-state index in [1.807, 2.05) is 6.92 Å². The Morgan fingerprint density at radius 1 is 1.27 bits per heavy atom. The van der Waals surface area contributed by atoms with Gasteiger partial charge >= 0.3 is 0 Å². The third-order valence-electron chi connectivity index (χ3n) is 2.45. The smallest absolute Gasteiger partial charge is 0.0674 e. The normalized spacial score (nSPS) is 11.9. The van der Waals surface area contributed by atoms with Crippen molar-refractivity contribution in [1.29, 1.82) is 5.26 Å². The van der Waals surface area contributed by atoms with Crippen LogP contribution in [-0.2, 0) is 0 Å². The third-order valence-corrected chi connectivity index (χ3v) is 2.45. The van der Waals surface area contributed by atoms with Crippen molar-refractivity contribution in [2.75, 3.05) is 11.9 Å². The van der Waals surface area contributed by atoms with Crippen LogP contribution in [-0.4, -0.2) is 6.54 Å². The van der Waals surface area contributed by atoms with E-state index in [-0.39, 0.29) is 5.92 Å². The van der Waals surface area contributed by atoms with Crippen LogP contribution in [0.25, 0.3) is 0 Å². The van der Waals surface area contributed by atoms with Crippen molar-refractivity contribution in [3.05, 3.63) is 29.3 Å². The molecule has 0 aliphatic heterocycles. The van der Waals surface area contributed by atoms with E-state index < -0.39 is 0 Å². The molecule has 2 nitrogen and oxygen atoms in total. The fourth-order valence-corrected chi connectivity index (χ4v) is 1.60. The van der Waals surface area contributed by atoms with Crippen LogP contribution in [0.5, 0.6) is 0 Å². The summed E-state index contributed by atoms with van der Waals surface area (Å²) in [6.45, 7) is 6.94. The lowest BCUT2D eigenvalue weighted by molar-refractivity contribution is 0.674. The first-order valence-electron chi connectivity index (χ1n) is 5.37. The molecule has 0 aliphatic carbocycles. The molecule has 0 saturated carbocycles. The van der Waals surface area contributed by atoms with E-state index in [0.29, 0.717) is 0 Å². The monoisotopic (exact) mass is 202 g/mol. The summed E-state index contributed by atoms with van der Waals surface area (Å²) in [5.74, 6) is 0.103. The van der Waals surface area contributed by atoms with Crippen LogP contribution in [0, 0.1) is 31.1 Å². The number of nitrogens with one attached hydrogen (secondary N) is 1. The first-order valence-corrected chi connectivity index (χ1v) is 5.37. The number of nitrogens with zero attached hydrogens (tertiary/aromatic N) is 1. The fourth-order valence-electron chi connectivity index (χ4n) is 1.60. The van der Waals surface area contributed by atoms with E-state index in [0.717, 1.165) is 18.7 Å². The highest BCUT2D eigenvalue weighted by atomic mass is 14.9. The van der Waals surface area contributed by atoms with Crippen LogP contribution in [0.1, 0.15) is 24.5 Å². The summed E-state index contributed by atoms with van der Waals surface area (Å²) >= 11 is 0. The summed E-state index contributed by atoms with van der Waals surface area (Å²) in [7, 11) is 0. The van der Waals surface area contributed by atoms with E-state index in [4.69, 9.17) is 5.26 Å². The minimum absolute atomic E-state index is 0.103. The second kappa shape index (κ2) is 5.41. The largest absolute Gasteiger partial charge is 0.384 e. The Bertz CT molecular complexity index is 343. The van der Waals surface area contributed by atoms with Crippen molar-refractivity contribution in [2.24, 2.45) is 5.92 Å². The Morgan fingerprint density at radius 2 is 1.87 bits per heavy atom. The van der Waals surface area contributed by atoms with Gasteiger partial charge in [0.2, 0.25) is 0 Å². The van der Waals surface area contributed by atoms with Gasteiger partial charge in [-0.1, -0.05) is 13.0 Å². The molecule has 0 bridgehead atoms. The van der Waals surface area contributed by atoms with Crippen molar-refractivity contribution >= 4 is 5.69 Å². The molecule has 0 fully saturated rings. The molecule has 1 aromatic rings. The molecule has 80 valence electrons. The average Bonchev–Trinajstić information content (AvgIpc) is 2.18. The maximum Gasteiger partial charge on any atom is 0.0674 e. The molecule has 1 aromatic carbocycles. The molecule has 0 amide bonds. The molecule has 0 aromatic heterocycles. The molecule has 1 rings (SSSR count). The lowest BCUT2D eigenvalue weighted by Gasteiger charge is -2.10. The van der Waals surface area contributed by atoms with E-state index in [9.17, 15) is 0 Å². The Labute approximate surface area is 91.9 Å². The fraction of sp³-hybridized carbons (Fsp3) is 0.462. The lowest BCUT2D eigenvalue weighted by atomic mass is 10.1. The minimum atomic E-state index is 0.103. The van der Waals surface area contributed by atoms with Gasteiger partial charge in [0.05, 0.1) is 12.0 Å². The summed E-state index contributed by atoms with van der Waals surface area (Å²) in [4.78, 5) is 0. The lowest BCUT2D eigenvalue weighted by Crippen LogP contribution is -2.11. The molecular weight excluding hydrogens is 184 g/mol. The van der Waals surface area contributed by atoms with Gasteiger partial charge in [-0.25, -0.2) is 0 Å². The van der Waals surface area contributed by atoms with Crippen molar-refractivity contribution in [1.82, 2.24) is 0 Å². The Kier molecular flexibility index (Phi) is 4.17. The second-order valence-electron chi connectivity index (χ2n) is 3.99. The molecule has 1 unspecified atom stereocenters. The maximum atomic E-state index is 8.82. The predicted molar refractivity (Wildman–Crippen MR) is 63.8 cm³/mol. The standard InChI is InChI=1S/C13H18N2/c1-4-12(8-14)9-15-13-6-10(2)5-11(3)7-13/h5-7,12,15H,4,9H2,1-3H3. The van der Waals surface area contributed by atoms with Crippen LogP contribution in [0.15, 0.2) is 18.2 Å². The molecule has 15 heavy (non-hydrogen) atoms. The molecular formula is C13H18N2. The van der Waals surface area contributed by atoms with Gasteiger partial charge in [-0.2, -0.15) is 5.26 Å². The molecule has 2 heteroatoms. The van der Waals surface area contributed by atoms with Gasteiger partial charge in [-0.15, -0.1) is 0 Å². The molecule has 1 atom stereocenters. The van der Waals surface area contributed by atoms with Crippen molar-refractivity contribution in [2.45, 2.75) is 27.2 Å². The zero-order chi connectivity index (χ0) is 11.3. The quantitative estimate of drug-likeness (QED) is 0.813. The van der Waals surface area contributed by atoms with Crippen molar-refractivity contribution in [3.8, 4) is 6.07 Å². The van der Waals surface area contributed by atoms with Gasteiger partial charge in [-0.3, -0.25) is 0 Å². The van der Waals surface area contributed by atoms with E-state index in [1.165, 1.54) is 11.1 Å². The third kappa shape index (κ3) is 3.63. The molecule has 1 N–H and O–H groups in total. The number of anilines is 1. The van der Waals surface area contributed by atoms with Gasteiger partial charge in [0.1, 0.15) is 0 Å². The van der Waals surface area contributed by atoms with Crippen LogP contribution in [0.3, 0.4) is 0 Å². The predicted octanol–water partition coefficient (Wildman–Crippen LogP) is 3.27. The number of aryl methyl sites for hydroxylation is 2. The number of nitriles is 1. The van der Waals surface area contributed by atoms with Gasteiger partial charge in [0.25, 0.3) is 0 Å². The maximum absolute atomic E-state index is 8.82. The van der Waals surface area contributed by atoms with Gasteiger partial charge in [0.15, 0.2) is 0 Å². The highest BCUT2D eigenvalue weighted by Crippen LogP contribution is 2.14. The number of rotatable bonds is 4. The first kappa shape index (κ1) is 11.6. The van der Waals surface area contributed by atoms with Gasteiger partial charge in [-0.05, 0) is 43.5 Å². The summed E-state index contributed by atoms with van der Waals surface area (Å²) in [6.07, 6.45) is 0.897. The average molecular weight is 202 g/mol. The number of hydrogen-bond acceptors (Lipinski definition) is 2. The second-order valence-corrected chi connectivity index (χ2v) is 3.99. The molecule has 0 aliphatic rings. The highest BCUT2D eigenvalue weighted by Gasteiger charge is 2.03. The van der Waals surface area contributed by atoms with Gasteiger partial charge in [0, 0.05) is 12.2 Å². The zero-order valence-corrected chi connectivity index (χ0v) is 9.67. The Balaban J connectivity index is 2.62. The van der Waals surface area contributed by atoms with Crippen LogP contribution in [0.2, 0.25) is 0 Å². The molecule has 0 heterocycles. The van der Waals surface area contributed by atoms with Crippen LogP contribution < -0.4 is 5.32 Å². The van der Waals surface area contributed by atoms with E-state index in [1.54, 1.807) is 0 Å². The minimum Gasteiger partial charge on any atom is -0.384 e. The number of hydrogen-bond donors (Lipinski definition) is 1. The van der Waals surface area contributed by atoms with Crippen LogP contribution >= 0.6 is 0 Å². The molecule has 0 saturated heterocycles. The van der Waals surface area contributed by atoms with Crippen LogP contribution in [0.4, 0.5) is 5.69 Å². The zero-order valence-electron chi connectivity index (χ0n) is 9.67. The Hall–Kier alpha value is -1.49. The first-order chi connectivity index (χ1) is 7.15.